The van der Waals surface area contributed by atoms with Crippen molar-refractivity contribution in [3.05, 3.63) is 113 Å². The van der Waals surface area contributed by atoms with E-state index in [9.17, 15) is 0 Å². The Bertz CT molecular complexity index is 1130. The van der Waals surface area contributed by atoms with Crippen molar-refractivity contribution in [2.24, 2.45) is 5.10 Å². The highest BCUT2D eigenvalue weighted by molar-refractivity contribution is 9.10. The fourth-order valence-electron chi connectivity index (χ4n) is 3.64. The van der Waals surface area contributed by atoms with E-state index in [-0.39, 0.29) is 6.04 Å². The second kappa shape index (κ2) is 7.68. The van der Waals surface area contributed by atoms with Crippen LogP contribution in [-0.4, -0.2) is 15.5 Å². The fourth-order valence-corrected chi connectivity index (χ4v) is 3.90. The smallest absolute Gasteiger partial charge is 0.0862 e. The minimum absolute atomic E-state index is 0.101. The van der Waals surface area contributed by atoms with Gasteiger partial charge in [0, 0.05) is 22.7 Å². The van der Waals surface area contributed by atoms with Gasteiger partial charge < -0.3 is 0 Å². The molecule has 3 aromatic carbocycles. The quantitative estimate of drug-likeness (QED) is 0.388. The van der Waals surface area contributed by atoms with Gasteiger partial charge in [0.25, 0.3) is 0 Å². The Kier molecular flexibility index (Phi) is 4.74. The standard InChI is InChI=1S/C24H19BrN4/c25-20-11-13-22(14-12-20)29-24(15-23(27-29)18-7-3-1-4-8-18)19-16-26-28(17-19)21-9-5-2-6-10-21/h1-14,16-17,24H,15H2. The lowest BCUT2D eigenvalue weighted by Gasteiger charge is -2.22. The third kappa shape index (κ3) is 3.61. The fraction of sp³-hybridized carbons (Fsp3) is 0.0833. The minimum atomic E-state index is 0.101. The summed E-state index contributed by atoms with van der Waals surface area (Å²) in [6.45, 7) is 0. The summed E-state index contributed by atoms with van der Waals surface area (Å²) >= 11 is 3.52. The van der Waals surface area contributed by atoms with Crippen molar-refractivity contribution in [1.29, 1.82) is 0 Å². The normalized spacial score (nSPS) is 16.1. The van der Waals surface area contributed by atoms with Gasteiger partial charge in [-0.25, -0.2) is 4.68 Å². The molecule has 0 N–H and O–H groups in total. The Hall–Kier alpha value is -3.18. The Morgan fingerprint density at radius 1 is 0.793 bits per heavy atom. The lowest BCUT2D eigenvalue weighted by molar-refractivity contribution is 0.708. The van der Waals surface area contributed by atoms with Crippen molar-refractivity contribution in [3.8, 4) is 5.69 Å². The first kappa shape index (κ1) is 17.9. The summed E-state index contributed by atoms with van der Waals surface area (Å²) in [4.78, 5) is 0. The van der Waals surface area contributed by atoms with E-state index in [0.29, 0.717) is 0 Å². The van der Waals surface area contributed by atoms with Gasteiger partial charge in [0.1, 0.15) is 0 Å². The largest absolute Gasteiger partial charge is 0.257 e. The summed E-state index contributed by atoms with van der Waals surface area (Å²) in [6.07, 6.45) is 4.89. The molecular weight excluding hydrogens is 424 g/mol. The number of halogens is 1. The molecule has 0 saturated heterocycles. The van der Waals surface area contributed by atoms with Gasteiger partial charge in [-0.3, -0.25) is 5.01 Å². The summed E-state index contributed by atoms with van der Waals surface area (Å²) in [6, 6.07) is 29.0. The molecule has 4 aromatic rings. The SMILES string of the molecule is Brc1ccc(N2N=C(c3ccccc3)CC2c2cnn(-c3ccccc3)c2)cc1. The van der Waals surface area contributed by atoms with Gasteiger partial charge in [-0.05, 0) is 42.0 Å². The molecule has 1 aliphatic heterocycles. The molecule has 142 valence electrons. The molecule has 29 heavy (non-hydrogen) atoms. The Labute approximate surface area is 178 Å². The second-order valence-corrected chi connectivity index (χ2v) is 7.92. The highest BCUT2D eigenvalue weighted by Gasteiger charge is 2.31. The summed E-state index contributed by atoms with van der Waals surface area (Å²) in [5.41, 5.74) is 5.51. The average Bonchev–Trinajstić information content (AvgIpc) is 3.43. The number of hydrazone groups is 1. The summed E-state index contributed by atoms with van der Waals surface area (Å²) in [5.74, 6) is 0. The lowest BCUT2D eigenvalue weighted by atomic mass is 10.0. The van der Waals surface area contributed by atoms with E-state index in [1.165, 1.54) is 0 Å². The maximum absolute atomic E-state index is 5.00. The third-order valence-corrected chi connectivity index (χ3v) is 5.65. The molecule has 0 fully saturated rings. The molecule has 1 aromatic heterocycles. The first-order chi connectivity index (χ1) is 14.3. The van der Waals surface area contributed by atoms with Crippen molar-refractivity contribution in [2.75, 3.05) is 5.01 Å². The zero-order chi connectivity index (χ0) is 19.6. The van der Waals surface area contributed by atoms with Crippen LogP contribution in [0.4, 0.5) is 5.69 Å². The molecule has 0 aliphatic carbocycles. The number of benzene rings is 3. The monoisotopic (exact) mass is 442 g/mol. The van der Waals surface area contributed by atoms with Crippen LogP contribution >= 0.6 is 15.9 Å². The molecule has 0 spiro atoms. The first-order valence-corrected chi connectivity index (χ1v) is 10.3. The minimum Gasteiger partial charge on any atom is -0.257 e. The van der Waals surface area contributed by atoms with Gasteiger partial charge in [0.15, 0.2) is 0 Å². The summed E-state index contributed by atoms with van der Waals surface area (Å²) < 4.78 is 2.98. The molecule has 5 rings (SSSR count). The van der Waals surface area contributed by atoms with E-state index in [4.69, 9.17) is 5.10 Å². The van der Waals surface area contributed by atoms with Crippen LogP contribution in [0.2, 0.25) is 0 Å². The predicted molar refractivity (Wildman–Crippen MR) is 121 cm³/mol. The number of nitrogens with zero attached hydrogens (tertiary/aromatic N) is 4. The van der Waals surface area contributed by atoms with Gasteiger partial charge in [0.05, 0.1) is 29.3 Å². The highest BCUT2D eigenvalue weighted by Crippen LogP contribution is 2.37. The molecule has 5 heteroatoms. The van der Waals surface area contributed by atoms with E-state index in [1.54, 1.807) is 0 Å². The molecular formula is C24H19BrN4. The van der Waals surface area contributed by atoms with E-state index >= 15 is 0 Å². The van der Waals surface area contributed by atoms with Crippen LogP contribution in [0.25, 0.3) is 5.69 Å². The summed E-state index contributed by atoms with van der Waals surface area (Å²) in [7, 11) is 0. The van der Waals surface area contributed by atoms with E-state index in [1.807, 2.05) is 35.1 Å². The Balaban J connectivity index is 1.52. The Morgan fingerprint density at radius 2 is 1.48 bits per heavy atom. The molecule has 1 unspecified atom stereocenters. The predicted octanol–water partition coefficient (Wildman–Crippen LogP) is 5.99. The number of hydrogen-bond acceptors (Lipinski definition) is 3. The molecule has 1 atom stereocenters. The zero-order valence-corrected chi connectivity index (χ0v) is 17.3. The molecule has 0 radical (unpaired) electrons. The number of aromatic nitrogens is 2. The number of para-hydroxylation sites is 1. The van der Waals surface area contributed by atoms with Crippen LogP contribution in [-0.2, 0) is 0 Å². The number of hydrogen-bond donors (Lipinski definition) is 0. The number of anilines is 1. The zero-order valence-electron chi connectivity index (χ0n) is 15.7. The molecule has 0 saturated carbocycles. The maximum atomic E-state index is 5.00. The second-order valence-electron chi connectivity index (χ2n) is 7.01. The van der Waals surface area contributed by atoms with Crippen molar-refractivity contribution in [1.82, 2.24) is 9.78 Å². The van der Waals surface area contributed by atoms with Crippen molar-refractivity contribution in [3.63, 3.8) is 0 Å². The van der Waals surface area contributed by atoms with Crippen LogP contribution in [0.3, 0.4) is 0 Å². The van der Waals surface area contributed by atoms with Crippen molar-refractivity contribution >= 4 is 27.3 Å². The van der Waals surface area contributed by atoms with Gasteiger partial charge in [-0.2, -0.15) is 10.2 Å². The van der Waals surface area contributed by atoms with Crippen molar-refractivity contribution < 1.29 is 0 Å². The van der Waals surface area contributed by atoms with Crippen LogP contribution in [0.5, 0.6) is 0 Å². The van der Waals surface area contributed by atoms with Crippen LogP contribution in [0.15, 0.2) is 107 Å². The van der Waals surface area contributed by atoms with Crippen LogP contribution in [0.1, 0.15) is 23.6 Å². The summed E-state index contributed by atoms with van der Waals surface area (Å²) in [5, 5.41) is 11.7. The van der Waals surface area contributed by atoms with Crippen molar-refractivity contribution in [2.45, 2.75) is 12.5 Å². The van der Waals surface area contributed by atoms with Crippen LogP contribution < -0.4 is 5.01 Å². The van der Waals surface area contributed by atoms with E-state index in [0.717, 1.165) is 39.1 Å². The maximum Gasteiger partial charge on any atom is 0.0862 e. The lowest BCUT2D eigenvalue weighted by Crippen LogP contribution is -2.18. The Morgan fingerprint density at radius 3 is 2.21 bits per heavy atom. The molecule has 0 bridgehead atoms. The third-order valence-electron chi connectivity index (χ3n) is 5.12. The first-order valence-electron chi connectivity index (χ1n) is 9.55. The van der Waals surface area contributed by atoms with E-state index < -0.39 is 0 Å². The topological polar surface area (TPSA) is 33.4 Å². The van der Waals surface area contributed by atoms with Gasteiger partial charge in [0.2, 0.25) is 0 Å². The van der Waals surface area contributed by atoms with Crippen LogP contribution in [0, 0.1) is 0 Å². The molecule has 0 amide bonds. The van der Waals surface area contributed by atoms with E-state index in [2.05, 4.69) is 92.9 Å². The van der Waals surface area contributed by atoms with Gasteiger partial charge >= 0.3 is 0 Å². The molecule has 2 heterocycles. The van der Waals surface area contributed by atoms with Gasteiger partial charge in [-0.1, -0.05) is 64.5 Å². The highest BCUT2D eigenvalue weighted by atomic mass is 79.9. The number of rotatable bonds is 4. The average molecular weight is 443 g/mol. The molecule has 1 aliphatic rings. The molecule has 4 nitrogen and oxygen atoms in total. The van der Waals surface area contributed by atoms with Gasteiger partial charge in [-0.15, -0.1) is 0 Å².